The molecule has 0 amide bonds. The molecular formula is C14H28O5P2. The van der Waals surface area contributed by atoms with E-state index in [1.54, 1.807) is 13.0 Å². The molecule has 0 aromatic heterocycles. The fourth-order valence-corrected chi connectivity index (χ4v) is 5.88. The van der Waals surface area contributed by atoms with Gasteiger partial charge in [0.15, 0.2) is 0 Å². The number of hydrogen-bond acceptors (Lipinski definition) is 3. The minimum atomic E-state index is -4.47. The average Bonchev–Trinajstić information content (AvgIpc) is 2.25. The summed E-state index contributed by atoms with van der Waals surface area (Å²) in [5.74, 6) is 0. The van der Waals surface area contributed by atoms with Crippen LogP contribution in [0.2, 0.25) is 0 Å². The summed E-state index contributed by atoms with van der Waals surface area (Å²) in [6.07, 6.45) is 5.65. The van der Waals surface area contributed by atoms with Gasteiger partial charge >= 0.3 is 7.60 Å². The van der Waals surface area contributed by atoms with Gasteiger partial charge in [0.25, 0.3) is 0 Å². The summed E-state index contributed by atoms with van der Waals surface area (Å²) >= 11 is 0. The van der Waals surface area contributed by atoms with Crippen molar-refractivity contribution in [1.29, 1.82) is 0 Å². The van der Waals surface area contributed by atoms with Gasteiger partial charge in [-0.1, -0.05) is 23.3 Å². The molecule has 0 aromatic carbocycles. The molecule has 0 spiro atoms. The van der Waals surface area contributed by atoms with Crippen molar-refractivity contribution in [1.82, 2.24) is 0 Å². The van der Waals surface area contributed by atoms with Crippen molar-refractivity contribution < 1.29 is 23.4 Å². The van der Waals surface area contributed by atoms with Gasteiger partial charge in [-0.15, -0.1) is 0 Å². The van der Waals surface area contributed by atoms with Crippen LogP contribution < -0.4 is 0 Å². The lowest BCUT2D eigenvalue weighted by Crippen LogP contribution is -2.10. The summed E-state index contributed by atoms with van der Waals surface area (Å²) < 4.78 is 29.0. The van der Waals surface area contributed by atoms with E-state index in [2.05, 4.69) is 6.08 Å². The molecule has 0 aromatic rings. The maximum Gasteiger partial charge on any atom is 0.338 e. The number of hydrogen-bond donors (Lipinski definition) is 2. The second kappa shape index (κ2) is 9.07. The smallest absolute Gasteiger partial charge is 0.328 e. The lowest BCUT2D eigenvalue weighted by Gasteiger charge is -2.24. The van der Waals surface area contributed by atoms with E-state index in [1.807, 2.05) is 20.8 Å². The molecule has 0 bridgehead atoms. The molecule has 0 fully saturated rings. The number of allylic oxidation sites excluding steroid dienone is 4. The molecule has 2 atom stereocenters. The molecule has 0 aliphatic rings. The van der Waals surface area contributed by atoms with E-state index in [9.17, 15) is 18.9 Å². The van der Waals surface area contributed by atoms with Gasteiger partial charge < -0.3 is 14.3 Å². The van der Waals surface area contributed by atoms with Gasteiger partial charge in [-0.25, -0.2) is 0 Å². The Balaban J connectivity index is 4.89. The molecule has 0 rings (SSSR count). The summed E-state index contributed by atoms with van der Waals surface area (Å²) in [6.45, 7) is 9.10. The maximum atomic E-state index is 12.3. The topological polar surface area (TPSA) is 83.8 Å². The van der Waals surface area contributed by atoms with Crippen LogP contribution in [0.5, 0.6) is 0 Å². The van der Waals surface area contributed by atoms with E-state index >= 15 is 0 Å². The first kappa shape index (κ1) is 20.8. The first-order chi connectivity index (χ1) is 9.50. The van der Waals surface area contributed by atoms with E-state index in [4.69, 9.17) is 4.52 Å². The molecule has 2 N–H and O–H groups in total. The van der Waals surface area contributed by atoms with E-state index < -0.39 is 20.4 Å². The predicted molar refractivity (Wildman–Crippen MR) is 88.0 cm³/mol. The molecule has 5 nitrogen and oxygen atoms in total. The van der Waals surface area contributed by atoms with Crippen LogP contribution in [0.4, 0.5) is 0 Å². The zero-order chi connectivity index (χ0) is 16.7. The van der Waals surface area contributed by atoms with Crippen molar-refractivity contribution in [3.8, 4) is 0 Å². The SMILES string of the molecule is CCOP(C)(=O)C(C/C=C(\C)CCC=C(C)C)P(=O)(O)O. The van der Waals surface area contributed by atoms with Crippen molar-refractivity contribution in [3.63, 3.8) is 0 Å². The molecule has 0 saturated carbocycles. The second-order valence-electron chi connectivity index (χ2n) is 5.50. The Labute approximate surface area is 128 Å². The monoisotopic (exact) mass is 338 g/mol. The molecular weight excluding hydrogens is 310 g/mol. The van der Waals surface area contributed by atoms with E-state index in [1.165, 1.54) is 12.2 Å². The molecule has 124 valence electrons. The molecule has 0 saturated heterocycles. The lowest BCUT2D eigenvalue weighted by atomic mass is 10.1. The minimum absolute atomic E-state index is 0.0682. The van der Waals surface area contributed by atoms with Crippen molar-refractivity contribution >= 4 is 15.0 Å². The van der Waals surface area contributed by atoms with Gasteiger partial charge in [0.05, 0.1) is 6.61 Å². The summed E-state index contributed by atoms with van der Waals surface area (Å²) in [4.78, 5) is 18.8. The summed E-state index contributed by atoms with van der Waals surface area (Å²) in [7, 11) is -7.81. The van der Waals surface area contributed by atoms with Crippen LogP contribution in [-0.2, 0) is 13.7 Å². The van der Waals surface area contributed by atoms with Crippen LogP contribution in [0.3, 0.4) is 0 Å². The van der Waals surface area contributed by atoms with E-state index in [0.29, 0.717) is 0 Å². The Hall–Kier alpha value is -0.180. The summed E-state index contributed by atoms with van der Waals surface area (Å²) in [5, 5.41) is -1.26. The minimum Gasteiger partial charge on any atom is -0.328 e. The zero-order valence-corrected chi connectivity index (χ0v) is 15.4. The highest BCUT2D eigenvalue weighted by molar-refractivity contribution is 7.74. The highest BCUT2D eigenvalue weighted by atomic mass is 31.2. The predicted octanol–water partition coefficient (Wildman–Crippen LogP) is 4.52. The van der Waals surface area contributed by atoms with Gasteiger partial charge in [-0.3, -0.25) is 9.13 Å². The quantitative estimate of drug-likeness (QED) is 0.477. The molecule has 0 aliphatic heterocycles. The average molecular weight is 338 g/mol. The van der Waals surface area contributed by atoms with Gasteiger partial charge in [-0.2, -0.15) is 0 Å². The van der Waals surface area contributed by atoms with Crippen molar-refractivity contribution in [2.45, 2.75) is 52.4 Å². The summed E-state index contributed by atoms with van der Waals surface area (Å²) in [6, 6.07) is 0. The van der Waals surface area contributed by atoms with Gasteiger partial charge in [0.1, 0.15) is 5.40 Å². The Morgan fingerprint density at radius 3 is 2.19 bits per heavy atom. The fourth-order valence-electron chi connectivity index (χ4n) is 1.94. The van der Waals surface area contributed by atoms with Crippen molar-refractivity contribution in [2.24, 2.45) is 0 Å². The second-order valence-corrected chi connectivity index (χ2v) is 10.4. The normalized spacial score (nSPS) is 17.2. The van der Waals surface area contributed by atoms with Crippen LogP contribution in [0.1, 0.15) is 47.0 Å². The largest absolute Gasteiger partial charge is 0.338 e. The molecule has 0 heterocycles. The Morgan fingerprint density at radius 2 is 1.76 bits per heavy atom. The van der Waals surface area contributed by atoms with Crippen LogP contribution in [0, 0.1) is 0 Å². The third kappa shape index (κ3) is 8.75. The highest BCUT2D eigenvalue weighted by Gasteiger charge is 2.41. The van der Waals surface area contributed by atoms with Crippen LogP contribution in [0.15, 0.2) is 23.3 Å². The molecule has 21 heavy (non-hydrogen) atoms. The maximum absolute atomic E-state index is 12.3. The van der Waals surface area contributed by atoms with Gasteiger partial charge in [-0.05, 0) is 47.0 Å². The molecule has 2 unspecified atom stereocenters. The Bertz CT molecular complexity index is 472. The van der Waals surface area contributed by atoms with E-state index in [-0.39, 0.29) is 13.0 Å². The standard InChI is InChI=1S/C14H28O5P2/c1-6-19-20(5,15)14(21(16,17)18)11-10-13(4)9-7-8-12(2)3/h8,10,14H,6-7,9,11H2,1-5H3,(H2,16,17,18)/b13-10+. The van der Waals surface area contributed by atoms with Crippen LogP contribution in [-0.4, -0.2) is 28.5 Å². The van der Waals surface area contributed by atoms with Crippen molar-refractivity contribution in [3.05, 3.63) is 23.3 Å². The number of rotatable bonds is 9. The third-order valence-corrected chi connectivity index (χ3v) is 8.30. The Morgan fingerprint density at radius 1 is 1.19 bits per heavy atom. The first-order valence-electron chi connectivity index (χ1n) is 7.06. The van der Waals surface area contributed by atoms with Gasteiger partial charge in [0, 0.05) is 6.66 Å². The highest BCUT2D eigenvalue weighted by Crippen LogP contribution is 2.64. The first-order valence-corrected chi connectivity index (χ1v) is 10.9. The van der Waals surface area contributed by atoms with Gasteiger partial charge in [0.2, 0.25) is 7.37 Å². The zero-order valence-electron chi connectivity index (χ0n) is 13.6. The lowest BCUT2D eigenvalue weighted by molar-refractivity contribution is 0.323. The Kier molecular flexibility index (Phi) is 8.99. The fraction of sp³-hybridized carbons (Fsp3) is 0.714. The summed E-state index contributed by atoms with van der Waals surface area (Å²) in [5.41, 5.74) is 2.27. The molecule has 0 aliphatic carbocycles. The molecule has 0 radical (unpaired) electrons. The van der Waals surface area contributed by atoms with Crippen LogP contribution >= 0.6 is 15.0 Å². The molecule has 7 heteroatoms. The van der Waals surface area contributed by atoms with E-state index in [0.717, 1.165) is 18.4 Å². The third-order valence-electron chi connectivity index (χ3n) is 3.08. The van der Waals surface area contributed by atoms with Crippen molar-refractivity contribution in [2.75, 3.05) is 13.3 Å². The van der Waals surface area contributed by atoms with Crippen LogP contribution in [0.25, 0.3) is 0 Å².